The quantitative estimate of drug-likeness (QED) is 0.782. The average Bonchev–Trinajstić information content (AvgIpc) is 2.25. The van der Waals surface area contributed by atoms with E-state index in [0.717, 1.165) is 5.56 Å². The maximum absolute atomic E-state index is 8.82. The molecule has 0 heterocycles. The highest BCUT2D eigenvalue weighted by Crippen LogP contribution is 2.19. The number of ether oxygens (including phenoxy) is 1. The van der Waals surface area contributed by atoms with E-state index < -0.39 is 0 Å². The second kappa shape index (κ2) is 5.05. The first kappa shape index (κ1) is 10.3. The number of nitriles is 1. The molecule has 0 aromatic heterocycles. The molecule has 0 aliphatic rings. The number of methoxy groups -OCH3 is 1. The molecule has 0 aliphatic carbocycles. The minimum Gasteiger partial charge on any atom is -0.495 e. The van der Waals surface area contributed by atoms with Crippen molar-refractivity contribution in [3.8, 4) is 11.8 Å². The molecular formula is C11H12N2O. The fraction of sp³-hybridized carbons (Fsp3) is 0.182. The van der Waals surface area contributed by atoms with Crippen molar-refractivity contribution in [2.24, 2.45) is 5.73 Å². The molecule has 0 radical (unpaired) electrons. The molecule has 3 heteroatoms. The number of nitrogens with zero attached hydrogens (tertiary/aromatic N) is 1. The first-order valence-corrected chi connectivity index (χ1v) is 4.26. The number of hydrogen-bond acceptors (Lipinski definition) is 3. The monoisotopic (exact) mass is 188 g/mol. The van der Waals surface area contributed by atoms with Gasteiger partial charge in [-0.25, -0.2) is 0 Å². The van der Waals surface area contributed by atoms with Gasteiger partial charge in [-0.3, -0.25) is 0 Å². The molecule has 0 unspecified atom stereocenters. The molecule has 2 N–H and O–H groups in total. The van der Waals surface area contributed by atoms with Crippen LogP contribution in [-0.2, 0) is 0 Å². The Morgan fingerprint density at radius 3 is 2.93 bits per heavy atom. The molecule has 72 valence electrons. The van der Waals surface area contributed by atoms with Gasteiger partial charge in [-0.2, -0.15) is 5.26 Å². The smallest absolute Gasteiger partial charge is 0.136 e. The molecule has 0 bridgehead atoms. The van der Waals surface area contributed by atoms with Crippen LogP contribution in [0.15, 0.2) is 24.3 Å². The Morgan fingerprint density at radius 2 is 2.36 bits per heavy atom. The van der Waals surface area contributed by atoms with E-state index in [4.69, 9.17) is 15.7 Å². The minimum absolute atomic E-state index is 0.494. The minimum atomic E-state index is 0.494. The van der Waals surface area contributed by atoms with Gasteiger partial charge < -0.3 is 10.5 Å². The molecule has 0 spiro atoms. The Balaban J connectivity index is 3.03. The van der Waals surface area contributed by atoms with Gasteiger partial charge in [-0.1, -0.05) is 18.2 Å². The zero-order valence-electron chi connectivity index (χ0n) is 8.03. The fourth-order valence-corrected chi connectivity index (χ4v) is 1.12. The van der Waals surface area contributed by atoms with Crippen LogP contribution >= 0.6 is 0 Å². The highest BCUT2D eigenvalue weighted by molar-refractivity contribution is 5.56. The highest BCUT2D eigenvalue weighted by atomic mass is 16.5. The maximum atomic E-state index is 8.82. The molecule has 3 nitrogen and oxygen atoms in total. The van der Waals surface area contributed by atoms with Crippen LogP contribution < -0.4 is 10.5 Å². The summed E-state index contributed by atoms with van der Waals surface area (Å²) >= 11 is 0. The van der Waals surface area contributed by atoms with Crippen molar-refractivity contribution < 1.29 is 4.74 Å². The summed E-state index contributed by atoms with van der Waals surface area (Å²) in [5.74, 6) is 0.595. The standard InChI is InChI=1S/C11H12N2O/c1-14-11-5-4-9(3-2-6-12)7-10(11)8-13/h2-5,7H,6,12H2,1H3. The summed E-state index contributed by atoms with van der Waals surface area (Å²) in [6.07, 6.45) is 3.71. The van der Waals surface area contributed by atoms with Crippen LogP contribution in [0, 0.1) is 11.3 Å². The van der Waals surface area contributed by atoms with E-state index in [1.807, 2.05) is 18.2 Å². The Labute approximate surface area is 83.4 Å². The summed E-state index contributed by atoms with van der Waals surface area (Å²) in [4.78, 5) is 0. The van der Waals surface area contributed by atoms with Crippen LogP contribution in [0.5, 0.6) is 5.75 Å². The van der Waals surface area contributed by atoms with Crippen molar-refractivity contribution in [3.05, 3.63) is 35.4 Å². The summed E-state index contributed by atoms with van der Waals surface area (Å²) in [6, 6.07) is 7.50. The molecule has 0 aliphatic heterocycles. The molecule has 1 rings (SSSR count). The van der Waals surface area contributed by atoms with Crippen LogP contribution in [0.4, 0.5) is 0 Å². The second-order valence-corrected chi connectivity index (χ2v) is 2.71. The lowest BCUT2D eigenvalue weighted by Gasteiger charge is -2.02. The lowest BCUT2D eigenvalue weighted by molar-refractivity contribution is 0.413. The van der Waals surface area contributed by atoms with E-state index >= 15 is 0 Å². The molecule has 0 atom stereocenters. The normalized spacial score (nSPS) is 10.1. The topological polar surface area (TPSA) is 59.0 Å². The Kier molecular flexibility index (Phi) is 3.71. The first-order chi connectivity index (χ1) is 6.81. The van der Waals surface area contributed by atoms with Gasteiger partial charge in [0.2, 0.25) is 0 Å². The lowest BCUT2D eigenvalue weighted by atomic mass is 10.1. The summed E-state index contributed by atoms with van der Waals surface area (Å²) in [6.45, 7) is 0.494. The van der Waals surface area contributed by atoms with E-state index in [9.17, 15) is 0 Å². The Hall–Kier alpha value is -1.79. The summed E-state index contributed by atoms with van der Waals surface area (Å²) < 4.78 is 5.02. The van der Waals surface area contributed by atoms with Crippen molar-refractivity contribution >= 4 is 6.08 Å². The van der Waals surface area contributed by atoms with E-state index in [1.165, 1.54) is 0 Å². The zero-order chi connectivity index (χ0) is 10.4. The number of rotatable bonds is 3. The molecule has 1 aromatic rings. The molecule has 14 heavy (non-hydrogen) atoms. The van der Waals surface area contributed by atoms with Gasteiger partial charge in [0.1, 0.15) is 11.8 Å². The summed E-state index contributed by atoms with van der Waals surface area (Å²) in [7, 11) is 1.55. The van der Waals surface area contributed by atoms with Crippen molar-refractivity contribution in [1.82, 2.24) is 0 Å². The molecular weight excluding hydrogens is 176 g/mol. The Morgan fingerprint density at radius 1 is 1.57 bits per heavy atom. The van der Waals surface area contributed by atoms with Crippen molar-refractivity contribution in [2.75, 3.05) is 13.7 Å². The van der Waals surface area contributed by atoms with Crippen molar-refractivity contribution in [2.45, 2.75) is 0 Å². The van der Waals surface area contributed by atoms with E-state index in [-0.39, 0.29) is 0 Å². The highest BCUT2D eigenvalue weighted by Gasteiger charge is 2.00. The van der Waals surface area contributed by atoms with E-state index in [1.54, 1.807) is 19.2 Å². The van der Waals surface area contributed by atoms with Gasteiger partial charge in [-0.15, -0.1) is 0 Å². The molecule has 1 aromatic carbocycles. The number of hydrogen-bond donors (Lipinski definition) is 1. The SMILES string of the molecule is COc1ccc(C=CCN)cc1C#N. The Bertz CT molecular complexity index is 377. The zero-order valence-corrected chi connectivity index (χ0v) is 8.03. The third kappa shape index (κ3) is 2.35. The van der Waals surface area contributed by atoms with E-state index in [0.29, 0.717) is 17.9 Å². The van der Waals surface area contributed by atoms with Gasteiger partial charge in [0, 0.05) is 6.54 Å². The van der Waals surface area contributed by atoms with Crippen LogP contribution in [0.3, 0.4) is 0 Å². The van der Waals surface area contributed by atoms with Crippen LogP contribution in [0.2, 0.25) is 0 Å². The molecule has 0 saturated carbocycles. The van der Waals surface area contributed by atoms with Crippen LogP contribution in [-0.4, -0.2) is 13.7 Å². The van der Waals surface area contributed by atoms with Crippen molar-refractivity contribution in [3.63, 3.8) is 0 Å². The third-order valence-electron chi connectivity index (χ3n) is 1.79. The third-order valence-corrected chi connectivity index (χ3v) is 1.79. The van der Waals surface area contributed by atoms with Crippen LogP contribution in [0.25, 0.3) is 6.08 Å². The predicted molar refractivity (Wildman–Crippen MR) is 55.8 cm³/mol. The second-order valence-electron chi connectivity index (χ2n) is 2.71. The fourth-order valence-electron chi connectivity index (χ4n) is 1.12. The largest absolute Gasteiger partial charge is 0.495 e. The number of benzene rings is 1. The molecule has 0 amide bonds. The molecule has 0 fully saturated rings. The summed E-state index contributed by atoms with van der Waals surface area (Å²) in [5.41, 5.74) is 6.81. The number of nitrogens with two attached hydrogens (primary N) is 1. The van der Waals surface area contributed by atoms with Gasteiger partial charge in [0.05, 0.1) is 12.7 Å². The van der Waals surface area contributed by atoms with Crippen molar-refractivity contribution in [1.29, 1.82) is 5.26 Å². The van der Waals surface area contributed by atoms with Gasteiger partial charge in [0.15, 0.2) is 0 Å². The average molecular weight is 188 g/mol. The van der Waals surface area contributed by atoms with Gasteiger partial charge in [0.25, 0.3) is 0 Å². The van der Waals surface area contributed by atoms with Crippen LogP contribution in [0.1, 0.15) is 11.1 Å². The first-order valence-electron chi connectivity index (χ1n) is 4.26. The van der Waals surface area contributed by atoms with Gasteiger partial charge in [-0.05, 0) is 17.7 Å². The lowest BCUT2D eigenvalue weighted by Crippen LogP contribution is -1.92. The maximum Gasteiger partial charge on any atom is 0.136 e. The van der Waals surface area contributed by atoms with Gasteiger partial charge >= 0.3 is 0 Å². The molecule has 0 saturated heterocycles. The summed E-state index contributed by atoms with van der Waals surface area (Å²) in [5, 5.41) is 8.82. The predicted octanol–water partition coefficient (Wildman–Crippen LogP) is 1.54. The van der Waals surface area contributed by atoms with E-state index in [2.05, 4.69) is 6.07 Å².